The minimum absolute atomic E-state index is 0.0748. The second-order valence-electron chi connectivity index (χ2n) is 6.20. The number of fused-ring (bicyclic) bond motifs is 1. The molecule has 3 rings (SSSR count). The van der Waals surface area contributed by atoms with Crippen LogP contribution in [0.5, 0.6) is 0 Å². The molecule has 1 aliphatic carbocycles. The Labute approximate surface area is 135 Å². The van der Waals surface area contributed by atoms with Crippen molar-refractivity contribution < 1.29 is 14.3 Å². The molecule has 1 aromatic heterocycles. The lowest BCUT2D eigenvalue weighted by Gasteiger charge is -2.39. The van der Waals surface area contributed by atoms with E-state index in [1.54, 1.807) is 19.6 Å². The second kappa shape index (κ2) is 5.57. The summed E-state index contributed by atoms with van der Waals surface area (Å²) in [5.41, 5.74) is 2.31. The van der Waals surface area contributed by atoms with E-state index in [-0.39, 0.29) is 11.5 Å². The fourth-order valence-electron chi connectivity index (χ4n) is 3.31. The summed E-state index contributed by atoms with van der Waals surface area (Å²) in [6.45, 7) is 4.24. The van der Waals surface area contributed by atoms with Crippen LogP contribution >= 0.6 is 0 Å². The zero-order valence-electron chi connectivity index (χ0n) is 13.7. The predicted molar refractivity (Wildman–Crippen MR) is 86.9 cm³/mol. The zero-order valence-corrected chi connectivity index (χ0v) is 13.7. The maximum Gasteiger partial charge on any atom is 0.356 e. The van der Waals surface area contributed by atoms with Gasteiger partial charge >= 0.3 is 5.97 Å². The summed E-state index contributed by atoms with van der Waals surface area (Å²) in [4.78, 5) is 16.2. The fraction of sp³-hybridized carbons (Fsp3) is 0.333. The van der Waals surface area contributed by atoms with Crippen LogP contribution in [0.15, 0.2) is 42.9 Å². The molecule has 0 spiro atoms. The number of aromatic nitrogens is 2. The summed E-state index contributed by atoms with van der Waals surface area (Å²) in [5.74, 6) is 0.457. The van der Waals surface area contributed by atoms with Crippen LogP contribution in [-0.2, 0) is 9.47 Å². The van der Waals surface area contributed by atoms with Crippen molar-refractivity contribution in [3.8, 4) is 0 Å². The molecule has 1 aliphatic rings. The van der Waals surface area contributed by atoms with Crippen LogP contribution in [0.25, 0.3) is 5.76 Å². The highest BCUT2D eigenvalue weighted by molar-refractivity contribution is 5.87. The van der Waals surface area contributed by atoms with E-state index < -0.39 is 5.97 Å². The van der Waals surface area contributed by atoms with Gasteiger partial charge in [-0.25, -0.2) is 9.78 Å². The van der Waals surface area contributed by atoms with E-state index >= 15 is 0 Å². The Bertz CT molecular complexity index is 774. The molecular formula is C18H20N2O3. The normalized spacial score (nSPS) is 18.8. The highest BCUT2D eigenvalue weighted by atomic mass is 16.5. The Morgan fingerprint density at radius 1 is 1.26 bits per heavy atom. The van der Waals surface area contributed by atoms with Gasteiger partial charge in [-0.15, -0.1) is 0 Å². The van der Waals surface area contributed by atoms with Gasteiger partial charge in [0.2, 0.25) is 0 Å². The number of hydrogen-bond acceptors (Lipinski definition) is 4. The first-order valence-electron chi connectivity index (χ1n) is 7.46. The molecule has 5 heteroatoms. The summed E-state index contributed by atoms with van der Waals surface area (Å²) in [7, 11) is 3.05. The number of carbonyl (C=O) groups is 1. The Morgan fingerprint density at radius 2 is 2.00 bits per heavy atom. The summed E-state index contributed by atoms with van der Waals surface area (Å²) >= 11 is 0. The third-order valence-corrected chi connectivity index (χ3v) is 4.29. The summed E-state index contributed by atoms with van der Waals surface area (Å²) in [5, 5.41) is 0. The Balaban J connectivity index is 2.22. The molecule has 120 valence electrons. The smallest absolute Gasteiger partial charge is 0.356 e. The minimum atomic E-state index is -0.391. The number of ether oxygens (including phenoxy) is 2. The van der Waals surface area contributed by atoms with Gasteiger partial charge in [0.15, 0.2) is 0 Å². The molecule has 1 aromatic carbocycles. The number of rotatable bonds is 3. The van der Waals surface area contributed by atoms with E-state index in [2.05, 4.69) is 31.0 Å². The van der Waals surface area contributed by atoms with E-state index in [9.17, 15) is 4.79 Å². The maximum atomic E-state index is 12.1. The number of carbonyl (C=O) groups excluding carboxylic acids is 1. The van der Waals surface area contributed by atoms with Crippen LogP contribution in [0.2, 0.25) is 0 Å². The van der Waals surface area contributed by atoms with Crippen LogP contribution in [0.4, 0.5) is 0 Å². The number of allylic oxidation sites excluding steroid dienone is 1. The van der Waals surface area contributed by atoms with E-state index in [0.29, 0.717) is 5.69 Å². The molecule has 0 saturated heterocycles. The molecule has 0 aliphatic heterocycles. The van der Waals surface area contributed by atoms with Gasteiger partial charge in [0.05, 0.1) is 32.8 Å². The van der Waals surface area contributed by atoms with Gasteiger partial charge in [-0.3, -0.25) is 0 Å². The Hall–Kier alpha value is -2.56. The summed E-state index contributed by atoms with van der Waals surface area (Å²) < 4.78 is 12.3. The van der Waals surface area contributed by atoms with E-state index in [0.717, 1.165) is 16.9 Å². The highest BCUT2D eigenvalue weighted by Gasteiger charge is 2.38. The molecule has 1 unspecified atom stereocenters. The van der Waals surface area contributed by atoms with Crippen molar-refractivity contribution in [2.75, 3.05) is 14.2 Å². The monoisotopic (exact) mass is 312 g/mol. The third kappa shape index (κ3) is 2.42. The Kier molecular flexibility index (Phi) is 3.72. The topological polar surface area (TPSA) is 53.3 Å². The zero-order chi connectivity index (χ0) is 16.6. The van der Waals surface area contributed by atoms with Crippen molar-refractivity contribution in [2.24, 2.45) is 5.41 Å². The van der Waals surface area contributed by atoms with Gasteiger partial charge in [-0.2, -0.15) is 0 Å². The lowest BCUT2D eigenvalue weighted by Crippen LogP contribution is -2.32. The number of hydrogen-bond donors (Lipinski definition) is 0. The quantitative estimate of drug-likeness (QED) is 0.816. The predicted octanol–water partition coefficient (Wildman–Crippen LogP) is 3.29. The lowest BCUT2D eigenvalue weighted by atomic mass is 9.74. The van der Waals surface area contributed by atoms with Crippen LogP contribution in [-0.4, -0.2) is 29.7 Å². The Morgan fingerprint density at radius 3 is 2.70 bits per heavy atom. The van der Waals surface area contributed by atoms with E-state index in [1.165, 1.54) is 7.11 Å². The van der Waals surface area contributed by atoms with Gasteiger partial charge in [0.25, 0.3) is 0 Å². The van der Waals surface area contributed by atoms with Crippen molar-refractivity contribution in [1.82, 2.24) is 9.55 Å². The van der Waals surface area contributed by atoms with Crippen molar-refractivity contribution in [1.29, 1.82) is 0 Å². The van der Waals surface area contributed by atoms with E-state index in [1.807, 2.05) is 22.8 Å². The number of imidazole rings is 1. The summed E-state index contributed by atoms with van der Waals surface area (Å²) in [6, 6.07) is 8.00. The van der Waals surface area contributed by atoms with Crippen LogP contribution < -0.4 is 0 Å². The first-order valence-corrected chi connectivity index (χ1v) is 7.46. The molecule has 1 heterocycles. The van der Waals surface area contributed by atoms with Crippen molar-refractivity contribution in [3.63, 3.8) is 0 Å². The van der Waals surface area contributed by atoms with Gasteiger partial charge in [-0.05, 0) is 11.6 Å². The standard InChI is InChI=1S/C18H20N2O3/c1-18(2)9-15(22-3)12-7-5-6-8-13(12)16(18)20-11-19-10-14(20)17(21)23-4/h5-11,16H,1-4H3. The highest BCUT2D eigenvalue weighted by Crippen LogP contribution is 2.47. The van der Waals surface area contributed by atoms with Crippen LogP contribution in [0.1, 0.15) is 41.5 Å². The molecule has 0 fully saturated rings. The molecule has 0 radical (unpaired) electrons. The average molecular weight is 312 g/mol. The molecule has 0 saturated carbocycles. The molecule has 0 N–H and O–H groups in total. The molecule has 1 atom stereocenters. The lowest BCUT2D eigenvalue weighted by molar-refractivity contribution is 0.0584. The molecule has 23 heavy (non-hydrogen) atoms. The van der Waals surface area contributed by atoms with Gasteiger partial charge < -0.3 is 14.0 Å². The average Bonchev–Trinajstić information content (AvgIpc) is 3.01. The second-order valence-corrected chi connectivity index (χ2v) is 6.20. The minimum Gasteiger partial charge on any atom is -0.496 e. The van der Waals surface area contributed by atoms with Crippen LogP contribution in [0, 0.1) is 5.41 Å². The maximum absolute atomic E-state index is 12.1. The van der Waals surface area contributed by atoms with Gasteiger partial charge in [0.1, 0.15) is 11.5 Å². The number of methoxy groups -OCH3 is 2. The van der Waals surface area contributed by atoms with Crippen molar-refractivity contribution in [2.45, 2.75) is 19.9 Å². The first-order chi connectivity index (χ1) is 11.0. The molecule has 2 aromatic rings. The SMILES string of the molecule is COC(=O)c1cncn1C1c2ccccc2C(OC)=CC1(C)C. The summed E-state index contributed by atoms with van der Waals surface area (Å²) in [6.07, 6.45) is 5.32. The third-order valence-electron chi connectivity index (χ3n) is 4.29. The largest absolute Gasteiger partial charge is 0.496 e. The van der Waals surface area contributed by atoms with Gasteiger partial charge in [0, 0.05) is 11.0 Å². The molecular weight excluding hydrogens is 292 g/mol. The first kappa shape index (κ1) is 15.3. The van der Waals surface area contributed by atoms with Crippen LogP contribution in [0.3, 0.4) is 0 Å². The van der Waals surface area contributed by atoms with Crippen molar-refractivity contribution in [3.05, 3.63) is 59.7 Å². The molecule has 5 nitrogen and oxygen atoms in total. The fourth-order valence-corrected chi connectivity index (χ4v) is 3.31. The number of benzene rings is 1. The molecule has 0 bridgehead atoms. The number of esters is 1. The van der Waals surface area contributed by atoms with Gasteiger partial charge in [-0.1, -0.05) is 38.1 Å². The van der Waals surface area contributed by atoms with E-state index in [4.69, 9.17) is 9.47 Å². The van der Waals surface area contributed by atoms with Crippen molar-refractivity contribution >= 4 is 11.7 Å². The number of nitrogens with zero attached hydrogens (tertiary/aromatic N) is 2. The molecule has 0 amide bonds.